The van der Waals surface area contributed by atoms with Crippen molar-refractivity contribution in [1.82, 2.24) is 25.0 Å². The van der Waals surface area contributed by atoms with Crippen molar-refractivity contribution in [2.24, 2.45) is 0 Å². The maximum Gasteiger partial charge on any atom is 0.142 e. The van der Waals surface area contributed by atoms with Crippen LogP contribution in [0.4, 0.5) is 0 Å². The normalized spacial score (nSPS) is 12.5. The summed E-state index contributed by atoms with van der Waals surface area (Å²) < 4.78 is 1.80. The first-order chi connectivity index (χ1) is 9.72. The lowest BCUT2D eigenvalue weighted by Gasteiger charge is -1.96. The second-order valence-corrected chi connectivity index (χ2v) is 6.55. The summed E-state index contributed by atoms with van der Waals surface area (Å²) in [5, 5.41) is 11.2. The molecule has 1 atom stereocenters. The van der Waals surface area contributed by atoms with Gasteiger partial charge in [0.1, 0.15) is 5.01 Å². The lowest BCUT2D eigenvalue weighted by molar-refractivity contribution is 0.641. The standard InChI is InChI=1S/C13H12BrN5S/c1-9(14)12-7-19(18-17-12)6-10-8-20-13(16-10)11-4-2-3-5-15-11/h2-5,7-9H,6H2,1H3. The molecule has 0 saturated heterocycles. The van der Waals surface area contributed by atoms with E-state index < -0.39 is 0 Å². The van der Waals surface area contributed by atoms with E-state index in [9.17, 15) is 0 Å². The third-order valence-electron chi connectivity index (χ3n) is 2.72. The van der Waals surface area contributed by atoms with E-state index in [-0.39, 0.29) is 4.83 Å². The summed E-state index contributed by atoms with van der Waals surface area (Å²) in [4.78, 5) is 9.09. The fourth-order valence-corrected chi connectivity index (χ4v) is 2.72. The number of hydrogen-bond acceptors (Lipinski definition) is 5. The van der Waals surface area contributed by atoms with Crippen LogP contribution in [0.5, 0.6) is 0 Å². The second-order valence-electron chi connectivity index (χ2n) is 4.32. The molecule has 5 nitrogen and oxygen atoms in total. The van der Waals surface area contributed by atoms with Crippen LogP contribution in [0, 0.1) is 0 Å². The zero-order chi connectivity index (χ0) is 13.9. The predicted octanol–water partition coefficient (Wildman–Crippen LogP) is 3.30. The molecule has 0 aromatic carbocycles. The maximum absolute atomic E-state index is 4.59. The number of hydrogen-bond donors (Lipinski definition) is 0. The van der Waals surface area contributed by atoms with Crippen molar-refractivity contribution < 1.29 is 0 Å². The van der Waals surface area contributed by atoms with Gasteiger partial charge >= 0.3 is 0 Å². The molecule has 0 radical (unpaired) electrons. The Morgan fingerprint density at radius 3 is 3.00 bits per heavy atom. The number of pyridine rings is 1. The minimum Gasteiger partial charge on any atom is -0.254 e. The van der Waals surface area contributed by atoms with E-state index in [4.69, 9.17) is 0 Å². The molecule has 102 valence electrons. The van der Waals surface area contributed by atoms with E-state index in [2.05, 4.69) is 36.2 Å². The number of nitrogens with zero attached hydrogens (tertiary/aromatic N) is 5. The number of rotatable bonds is 4. The number of aromatic nitrogens is 5. The molecule has 1 unspecified atom stereocenters. The molecule has 0 spiro atoms. The number of alkyl halides is 1. The van der Waals surface area contributed by atoms with Crippen molar-refractivity contribution in [2.45, 2.75) is 18.3 Å². The van der Waals surface area contributed by atoms with Crippen LogP contribution in [0.15, 0.2) is 36.0 Å². The molecule has 3 rings (SSSR count). The highest BCUT2D eigenvalue weighted by atomic mass is 79.9. The summed E-state index contributed by atoms with van der Waals surface area (Å²) in [5.41, 5.74) is 2.79. The van der Waals surface area contributed by atoms with Gasteiger partial charge in [-0.3, -0.25) is 4.98 Å². The Kier molecular flexibility index (Phi) is 3.88. The minimum atomic E-state index is 0.204. The van der Waals surface area contributed by atoms with Gasteiger partial charge in [0, 0.05) is 11.6 Å². The summed E-state index contributed by atoms with van der Waals surface area (Å²) in [7, 11) is 0. The van der Waals surface area contributed by atoms with E-state index in [1.54, 1.807) is 22.2 Å². The minimum absolute atomic E-state index is 0.204. The summed E-state index contributed by atoms with van der Waals surface area (Å²) in [5.74, 6) is 0. The van der Waals surface area contributed by atoms with Crippen LogP contribution in [0.1, 0.15) is 23.1 Å². The Bertz CT molecular complexity index is 692. The third kappa shape index (κ3) is 2.94. The largest absolute Gasteiger partial charge is 0.254 e. The van der Waals surface area contributed by atoms with E-state index >= 15 is 0 Å². The van der Waals surface area contributed by atoms with Gasteiger partial charge in [-0.05, 0) is 19.1 Å². The molecule has 3 aromatic rings. The SMILES string of the molecule is CC(Br)c1cn(Cc2csc(-c3ccccn3)n2)nn1. The molecule has 0 N–H and O–H groups in total. The molecule has 3 aromatic heterocycles. The van der Waals surface area contributed by atoms with Crippen molar-refractivity contribution in [3.63, 3.8) is 0 Å². The Balaban J connectivity index is 1.77. The van der Waals surface area contributed by atoms with Crippen LogP contribution in [0.2, 0.25) is 0 Å². The lowest BCUT2D eigenvalue weighted by atomic mass is 10.3. The van der Waals surface area contributed by atoms with Gasteiger partial charge in [0.05, 0.1) is 34.7 Å². The summed E-state index contributed by atoms with van der Waals surface area (Å²) in [6.07, 6.45) is 3.71. The van der Waals surface area contributed by atoms with Gasteiger partial charge in [-0.1, -0.05) is 27.2 Å². The molecule has 7 heteroatoms. The van der Waals surface area contributed by atoms with Gasteiger partial charge in [0.2, 0.25) is 0 Å². The van der Waals surface area contributed by atoms with Gasteiger partial charge in [-0.2, -0.15) is 0 Å². The van der Waals surface area contributed by atoms with Crippen LogP contribution in [0.25, 0.3) is 10.7 Å². The van der Waals surface area contributed by atoms with E-state index in [0.29, 0.717) is 6.54 Å². The lowest BCUT2D eigenvalue weighted by Crippen LogP contribution is -2.00. The van der Waals surface area contributed by atoms with Crippen LogP contribution >= 0.6 is 27.3 Å². The highest BCUT2D eigenvalue weighted by Crippen LogP contribution is 2.22. The fourth-order valence-electron chi connectivity index (χ4n) is 1.73. The zero-order valence-electron chi connectivity index (χ0n) is 10.8. The Hall–Kier alpha value is -1.60. The van der Waals surface area contributed by atoms with E-state index in [1.165, 1.54) is 0 Å². The number of thiazole rings is 1. The van der Waals surface area contributed by atoms with Gasteiger partial charge in [0.15, 0.2) is 0 Å². The highest BCUT2D eigenvalue weighted by Gasteiger charge is 2.09. The third-order valence-corrected chi connectivity index (χ3v) is 4.11. The molecule has 0 aliphatic rings. The first-order valence-electron chi connectivity index (χ1n) is 6.12. The van der Waals surface area contributed by atoms with Crippen molar-refractivity contribution in [3.05, 3.63) is 47.4 Å². The molecular formula is C13H12BrN5S. The zero-order valence-corrected chi connectivity index (χ0v) is 13.2. The smallest absolute Gasteiger partial charge is 0.142 e. The summed E-state index contributed by atoms with van der Waals surface area (Å²) in [6.45, 7) is 2.65. The van der Waals surface area contributed by atoms with Gasteiger partial charge in [0.25, 0.3) is 0 Å². The molecule has 20 heavy (non-hydrogen) atoms. The van der Waals surface area contributed by atoms with Gasteiger partial charge < -0.3 is 0 Å². The predicted molar refractivity (Wildman–Crippen MR) is 81.8 cm³/mol. The molecule has 0 fully saturated rings. The molecule has 3 heterocycles. The van der Waals surface area contributed by atoms with Gasteiger partial charge in [-0.25, -0.2) is 9.67 Å². The molecule has 0 bridgehead atoms. The Morgan fingerprint density at radius 1 is 1.40 bits per heavy atom. The van der Waals surface area contributed by atoms with Gasteiger partial charge in [-0.15, -0.1) is 16.4 Å². The molecular weight excluding hydrogens is 338 g/mol. The van der Waals surface area contributed by atoms with E-state index in [1.807, 2.05) is 36.7 Å². The first-order valence-corrected chi connectivity index (χ1v) is 7.92. The monoisotopic (exact) mass is 349 g/mol. The van der Waals surface area contributed by atoms with Crippen LogP contribution in [0.3, 0.4) is 0 Å². The highest BCUT2D eigenvalue weighted by molar-refractivity contribution is 9.09. The molecule has 0 saturated carbocycles. The van der Waals surface area contributed by atoms with Crippen LogP contribution in [-0.4, -0.2) is 25.0 Å². The van der Waals surface area contributed by atoms with Crippen LogP contribution < -0.4 is 0 Å². The summed E-state index contributed by atoms with van der Waals surface area (Å²) >= 11 is 5.07. The fraction of sp³-hybridized carbons (Fsp3) is 0.231. The van der Waals surface area contributed by atoms with Crippen LogP contribution in [-0.2, 0) is 6.54 Å². The van der Waals surface area contributed by atoms with Crippen molar-refractivity contribution in [2.75, 3.05) is 0 Å². The van der Waals surface area contributed by atoms with Crippen molar-refractivity contribution >= 4 is 27.3 Å². The number of halogens is 1. The average molecular weight is 350 g/mol. The maximum atomic E-state index is 4.59. The van der Waals surface area contributed by atoms with Crippen molar-refractivity contribution in [3.8, 4) is 10.7 Å². The van der Waals surface area contributed by atoms with E-state index in [0.717, 1.165) is 22.1 Å². The first kappa shape index (κ1) is 13.4. The summed E-state index contributed by atoms with van der Waals surface area (Å²) in [6, 6.07) is 5.82. The Morgan fingerprint density at radius 2 is 2.30 bits per heavy atom. The molecule has 0 aliphatic heterocycles. The topological polar surface area (TPSA) is 56.5 Å². The quantitative estimate of drug-likeness (QED) is 0.678. The molecule has 0 aliphatic carbocycles. The second kappa shape index (κ2) is 5.80. The Labute approximate surface area is 128 Å². The van der Waals surface area contributed by atoms with Crippen molar-refractivity contribution in [1.29, 1.82) is 0 Å². The molecule has 0 amide bonds. The average Bonchev–Trinajstić information content (AvgIpc) is 3.10.